The Morgan fingerprint density at radius 3 is 2.45 bits per heavy atom. The highest BCUT2D eigenvalue weighted by atomic mass is 35.5. The van der Waals surface area contributed by atoms with Crippen molar-refractivity contribution in [3.05, 3.63) is 105 Å². The lowest BCUT2D eigenvalue weighted by Gasteiger charge is -2.28. The summed E-state index contributed by atoms with van der Waals surface area (Å²) in [7, 11) is 3.26. The molecular formula is C33H37Cl2N3O3S. The number of nitrogens with one attached hydrogen (secondary N) is 1. The van der Waals surface area contributed by atoms with Gasteiger partial charge in [-0.05, 0) is 78.5 Å². The van der Waals surface area contributed by atoms with Crippen molar-refractivity contribution in [2.24, 2.45) is 5.16 Å². The number of nitrogens with zero attached hydrogens (tertiary/aromatic N) is 2. The molecule has 1 aromatic heterocycles. The molecule has 9 heteroatoms. The summed E-state index contributed by atoms with van der Waals surface area (Å²) in [4.78, 5) is 20.2. The van der Waals surface area contributed by atoms with E-state index in [9.17, 15) is 9.90 Å². The van der Waals surface area contributed by atoms with Crippen molar-refractivity contribution in [3.8, 4) is 0 Å². The number of rotatable bonds is 14. The van der Waals surface area contributed by atoms with E-state index in [0.29, 0.717) is 41.5 Å². The fraction of sp³-hybridized carbons (Fsp3) is 0.333. The molecule has 2 unspecified atom stereocenters. The normalized spacial score (nSPS) is 14.0. The molecule has 222 valence electrons. The Kier molecular flexibility index (Phi) is 11.4. The second-order valence-electron chi connectivity index (χ2n) is 10.4. The van der Waals surface area contributed by atoms with E-state index in [0.717, 1.165) is 28.6 Å². The van der Waals surface area contributed by atoms with Gasteiger partial charge in [0.25, 0.3) is 5.91 Å². The fourth-order valence-electron chi connectivity index (χ4n) is 5.24. The summed E-state index contributed by atoms with van der Waals surface area (Å²) in [6.07, 6.45) is 1.95. The number of aliphatic hydroxyl groups is 1. The van der Waals surface area contributed by atoms with Crippen LogP contribution in [0.5, 0.6) is 0 Å². The van der Waals surface area contributed by atoms with E-state index in [1.54, 1.807) is 41.5 Å². The quantitative estimate of drug-likeness (QED) is 0.0854. The molecule has 4 rings (SSSR count). The number of amides is 1. The minimum Gasteiger partial charge on any atom is -0.399 e. The van der Waals surface area contributed by atoms with E-state index in [-0.39, 0.29) is 18.4 Å². The first-order chi connectivity index (χ1) is 20.3. The molecule has 6 nitrogen and oxygen atoms in total. The van der Waals surface area contributed by atoms with Crippen LogP contribution in [-0.2, 0) is 10.4 Å². The first-order valence-corrected chi connectivity index (χ1v) is 15.7. The summed E-state index contributed by atoms with van der Waals surface area (Å²) in [6, 6.07) is 23.0. The number of fused-ring (bicyclic) bond motifs is 1. The van der Waals surface area contributed by atoms with Crippen LogP contribution in [0.3, 0.4) is 0 Å². The van der Waals surface area contributed by atoms with Crippen molar-refractivity contribution < 1.29 is 14.7 Å². The summed E-state index contributed by atoms with van der Waals surface area (Å²) in [5.41, 5.74) is 2.34. The van der Waals surface area contributed by atoms with Crippen molar-refractivity contribution in [1.82, 2.24) is 10.2 Å². The van der Waals surface area contributed by atoms with Gasteiger partial charge in [-0.2, -0.15) is 0 Å². The molecule has 4 aromatic rings. The fourth-order valence-corrected chi connectivity index (χ4v) is 6.78. The summed E-state index contributed by atoms with van der Waals surface area (Å²) < 4.78 is 1.19. The number of oxime groups is 1. The lowest BCUT2D eigenvalue weighted by atomic mass is 9.87. The van der Waals surface area contributed by atoms with Crippen molar-refractivity contribution in [3.63, 3.8) is 0 Å². The maximum absolute atomic E-state index is 13.3. The van der Waals surface area contributed by atoms with Gasteiger partial charge in [-0.3, -0.25) is 4.79 Å². The van der Waals surface area contributed by atoms with E-state index in [4.69, 9.17) is 28.0 Å². The topological polar surface area (TPSA) is 74.2 Å². The van der Waals surface area contributed by atoms with Crippen LogP contribution in [0.25, 0.3) is 10.1 Å². The molecule has 0 fully saturated rings. The van der Waals surface area contributed by atoms with Gasteiger partial charge in [0.15, 0.2) is 0 Å². The molecule has 0 aliphatic rings. The lowest BCUT2D eigenvalue weighted by Crippen LogP contribution is -2.36. The molecule has 0 saturated carbocycles. The minimum atomic E-state index is -0.883. The second-order valence-corrected chi connectivity index (χ2v) is 12.1. The summed E-state index contributed by atoms with van der Waals surface area (Å²) in [5, 5.41) is 23.4. The van der Waals surface area contributed by atoms with Crippen LogP contribution in [0, 0.1) is 0 Å². The number of carbonyl (C=O) groups excluding carboxylic acids is 1. The van der Waals surface area contributed by atoms with Gasteiger partial charge in [0.05, 0.1) is 17.9 Å². The monoisotopic (exact) mass is 625 g/mol. The maximum atomic E-state index is 13.3. The number of hydrogen-bond acceptors (Lipinski definition) is 6. The highest BCUT2D eigenvalue weighted by Crippen LogP contribution is 2.34. The van der Waals surface area contributed by atoms with Crippen molar-refractivity contribution in [1.29, 1.82) is 0 Å². The third-order valence-corrected chi connectivity index (χ3v) is 8.99. The van der Waals surface area contributed by atoms with Crippen LogP contribution in [-0.4, -0.2) is 55.4 Å². The standard InChI is InChI=1S/C33H37Cl2N3O3S/c1-4-33(40,24-10-6-5-7-11-24)15-17-36-16-14-27(29-22-42-31-13-9-8-12-28(29)31)30(37-41-3)21-38(2)32(39)23-18-25(34)20-26(35)19-23/h5-13,18-20,22,27,36,40H,4,14-17,21H2,1-3H3/b37-30+. The number of thiophene rings is 1. The SMILES string of the molecule is CCC(O)(CCNCCC(/C(CN(C)C(=O)c1cc(Cl)cc(Cl)c1)=N/OC)c1csc2ccccc12)c1ccccc1. The Hall–Kier alpha value is -2.94. The largest absolute Gasteiger partial charge is 0.399 e. The molecular weight excluding hydrogens is 589 g/mol. The molecule has 1 heterocycles. The highest BCUT2D eigenvalue weighted by Gasteiger charge is 2.28. The molecule has 0 saturated heterocycles. The molecule has 2 atom stereocenters. The number of carbonyl (C=O) groups is 1. The number of benzene rings is 3. The third-order valence-electron chi connectivity index (χ3n) is 7.57. The zero-order chi connectivity index (χ0) is 30.1. The van der Waals surface area contributed by atoms with Gasteiger partial charge in [0.1, 0.15) is 7.11 Å². The lowest BCUT2D eigenvalue weighted by molar-refractivity contribution is 0.0237. The molecule has 0 aliphatic heterocycles. The van der Waals surface area contributed by atoms with E-state index in [1.165, 1.54) is 11.8 Å². The second kappa shape index (κ2) is 15.0. The predicted molar refractivity (Wildman–Crippen MR) is 175 cm³/mol. The Labute approximate surface area is 261 Å². The molecule has 3 aromatic carbocycles. The van der Waals surface area contributed by atoms with Crippen LogP contribution in [0.2, 0.25) is 10.0 Å². The van der Waals surface area contributed by atoms with Crippen LogP contribution in [0.4, 0.5) is 0 Å². The van der Waals surface area contributed by atoms with Gasteiger partial charge in [-0.15, -0.1) is 11.3 Å². The zero-order valence-corrected chi connectivity index (χ0v) is 26.5. The van der Waals surface area contributed by atoms with Gasteiger partial charge in [0.2, 0.25) is 0 Å². The first kappa shape index (κ1) is 32.0. The zero-order valence-electron chi connectivity index (χ0n) is 24.1. The Morgan fingerprint density at radius 1 is 1.07 bits per heavy atom. The van der Waals surface area contributed by atoms with Crippen molar-refractivity contribution in [2.75, 3.05) is 33.8 Å². The average Bonchev–Trinajstić information content (AvgIpc) is 3.42. The van der Waals surface area contributed by atoms with Crippen LogP contribution < -0.4 is 5.32 Å². The smallest absolute Gasteiger partial charge is 0.254 e. The number of halogens is 2. The van der Waals surface area contributed by atoms with Crippen molar-refractivity contribution >= 4 is 56.2 Å². The van der Waals surface area contributed by atoms with Crippen LogP contribution >= 0.6 is 34.5 Å². The number of hydrogen-bond donors (Lipinski definition) is 2. The van der Waals surface area contributed by atoms with Crippen LogP contribution in [0.15, 0.2) is 83.3 Å². The minimum absolute atomic E-state index is 0.106. The summed E-state index contributed by atoms with van der Waals surface area (Å²) in [5.74, 6) is -0.319. The van der Waals surface area contributed by atoms with Crippen molar-refractivity contribution in [2.45, 2.75) is 37.7 Å². The average molecular weight is 627 g/mol. The Balaban J connectivity index is 1.52. The molecule has 0 spiro atoms. The van der Waals surface area contributed by atoms with E-state index >= 15 is 0 Å². The molecule has 0 radical (unpaired) electrons. The molecule has 1 amide bonds. The summed E-state index contributed by atoms with van der Waals surface area (Å²) in [6.45, 7) is 3.61. The molecule has 2 N–H and O–H groups in total. The van der Waals surface area contributed by atoms with Gasteiger partial charge in [0, 0.05) is 33.3 Å². The van der Waals surface area contributed by atoms with Crippen LogP contribution in [0.1, 0.15) is 53.6 Å². The van der Waals surface area contributed by atoms with Gasteiger partial charge in [-0.1, -0.05) is 83.8 Å². The first-order valence-electron chi connectivity index (χ1n) is 14.0. The van der Waals surface area contributed by atoms with E-state index in [2.05, 4.69) is 28.0 Å². The highest BCUT2D eigenvalue weighted by molar-refractivity contribution is 7.17. The molecule has 0 bridgehead atoms. The molecule has 0 aliphatic carbocycles. The Morgan fingerprint density at radius 2 is 1.76 bits per heavy atom. The summed E-state index contributed by atoms with van der Waals surface area (Å²) >= 11 is 14.0. The van der Waals surface area contributed by atoms with Gasteiger partial charge < -0.3 is 20.2 Å². The van der Waals surface area contributed by atoms with E-state index < -0.39 is 5.60 Å². The third kappa shape index (κ3) is 7.91. The molecule has 42 heavy (non-hydrogen) atoms. The Bertz CT molecular complexity index is 1490. The van der Waals surface area contributed by atoms with Gasteiger partial charge in [-0.25, -0.2) is 0 Å². The van der Waals surface area contributed by atoms with E-state index in [1.807, 2.05) is 49.4 Å². The predicted octanol–water partition coefficient (Wildman–Crippen LogP) is 7.73. The van der Waals surface area contributed by atoms with Gasteiger partial charge >= 0.3 is 0 Å². The maximum Gasteiger partial charge on any atom is 0.254 e.